The molecular weight excluding hydrogens is 2700 g/mol. The van der Waals surface area contributed by atoms with Crippen molar-refractivity contribution < 1.29 is 150 Å². The number of pyridine rings is 5. The van der Waals surface area contributed by atoms with E-state index in [1.54, 1.807) is 0 Å². The number of carbonyl (C=O) groups excluding carboxylic acids is 5. The number of aliphatic hydroxyl groups excluding tert-OH is 5. The number of hydrogen-bond donors (Lipinski definition) is 5. The van der Waals surface area contributed by atoms with Gasteiger partial charge in [-0.25, -0.2) is 0 Å². The van der Waals surface area contributed by atoms with E-state index in [0.29, 0.717) is 0 Å². The second-order valence-corrected chi connectivity index (χ2v) is 40.9. The first-order valence-electron chi connectivity index (χ1n) is 45.6. The van der Waals surface area contributed by atoms with Crippen molar-refractivity contribution in [1.82, 2.24) is 24.9 Å². The average molecular weight is 2820 g/mol. The molecule has 0 atom stereocenters. The minimum absolute atomic E-state index is 0. The second-order valence-electron chi connectivity index (χ2n) is 35.9. The predicted octanol–water partition coefficient (Wildman–Crippen LogP) is 30.2. The normalized spacial score (nSPS) is 10.9. The first kappa shape index (κ1) is 126. The molecule has 17 aromatic rings. The zero-order valence-electron chi connectivity index (χ0n) is 85.3. The predicted molar refractivity (Wildman–Crippen MR) is 578 cm³/mol. The van der Waals surface area contributed by atoms with Gasteiger partial charge in [-0.2, -0.15) is 0 Å². The summed E-state index contributed by atoms with van der Waals surface area (Å²) >= 11 is 0. The van der Waals surface area contributed by atoms with E-state index in [9.17, 15) is 24.0 Å². The largest absolute Gasteiger partial charge is 0.512 e. The van der Waals surface area contributed by atoms with Crippen molar-refractivity contribution in [1.29, 1.82) is 0 Å². The quantitative estimate of drug-likeness (QED) is 0.0330. The summed E-state index contributed by atoms with van der Waals surface area (Å²) in [6.07, 6.45) is 7.70. The van der Waals surface area contributed by atoms with Gasteiger partial charge in [-0.15, -0.1) is 170 Å². The molecule has 0 saturated carbocycles. The first-order chi connectivity index (χ1) is 65.9. The number of aryl methyl sites for hydroxylation is 6. The fraction of sp³-hybridized carbons (Fsp3) is 0.187. The van der Waals surface area contributed by atoms with E-state index in [-0.39, 0.29) is 164 Å². The van der Waals surface area contributed by atoms with Gasteiger partial charge in [-0.3, -0.25) is 38.9 Å². The summed E-state index contributed by atoms with van der Waals surface area (Å²) in [5.41, 5.74) is 24.4. The molecule has 755 valence electrons. The molecule has 12 aromatic carbocycles. The third kappa shape index (κ3) is 42.0. The SMILES string of the molecule is CC(=O)C=C(C)O.CC(=O)C=C(C)O.CC(=O)C=C(C)O.CC(=O)C=C(C)O.CC(=O)C=C(C)O.CC(C)(C)c1c[c-]c(-c2nccc3ccccc23)cc1.Cc1[c-]c(-c2ccc3cc([Si](C)(C)C)ccc3n2)cc(C)c1.Cc1cc(-c2[c-]ccc3ccccc23)nc2ccccc12.Cc1cc2ccccc2c(-c2[c-]ccc(-c3ccccc3)c2)n1.Cc1cc[c-]c(-c2ccc3ccc(C)cc3n2)c1.[Ir].[Ir].[Ir].[Ir].[Ir]. The third-order valence-electron chi connectivity index (χ3n) is 20.7. The molecule has 5 radical (unpaired) electrons. The molecule has 5 aromatic heterocycles. The number of aromatic nitrogens is 5. The van der Waals surface area contributed by atoms with Crippen LogP contribution in [0.2, 0.25) is 19.6 Å². The molecule has 0 spiro atoms. The molecule has 15 nitrogen and oxygen atoms in total. The minimum Gasteiger partial charge on any atom is -0.512 e. The number of rotatable bonds is 12. The van der Waals surface area contributed by atoms with Crippen molar-refractivity contribution in [2.45, 2.75) is 157 Å². The number of aliphatic hydroxyl groups is 5. The van der Waals surface area contributed by atoms with Crippen molar-refractivity contribution in [2.75, 3.05) is 0 Å². The van der Waals surface area contributed by atoms with Gasteiger partial charge in [-0.05, 0) is 203 Å². The molecule has 0 unspecified atom stereocenters. The Morgan fingerprint density at radius 3 is 1.32 bits per heavy atom. The van der Waals surface area contributed by atoms with Crippen LogP contribution < -0.4 is 5.19 Å². The van der Waals surface area contributed by atoms with Gasteiger partial charge in [0.15, 0.2) is 28.9 Å². The average Bonchev–Trinajstić information content (AvgIpc) is 0.776. The molecule has 5 heterocycles. The van der Waals surface area contributed by atoms with E-state index in [4.69, 9.17) is 45.5 Å². The van der Waals surface area contributed by atoms with Crippen LogP contribution in [0.1, 0.15) is 129 Å². The molecule has 17 rings (SSSR count). The maximum Gasteiger partial charge on any atom is 0.155 e. The van der Waals surface area contributed by atoms with E-state index < -0.39 is 8.07 Å². The molecule has 5 N–H and O–H groups in total. The number of nitrogens with zero attached hydrogens (tertiary/aromatic N) is 5. The standard InChI is InChI=1S/C22H16N.C20H22NSi.C20H14N.C19H18N.C17H14N.5C5H8O2.5Ir/c1-16-14-19-10-5-6-13-21(19)22(23-16)20-12-7-11-18(15-20)17-8-3-2-4-9-17;1-14-10-15(2)12-17(11-14)20-8-6-16-13-18(22(3,4)5)7-9-19(16)21-20;1-14-13-20(21-19-12-5-4-9-16(14)19)18-11-6-8-15-7-2-3-10-17(15)18;1-19(2,3)16-10-8-15(9-11-16)18-17-7-5-4-6-14(17)12-13-20-18;1-12-4-3-5-15(10-12)16-9-8-14-7-6-13(2)11-17(14)18-16;5*1-4(6)3-5(2)7;;;;;/h2-11,13-15H,1H3;6-11,13H,1-5H3;2-10,12-13H,1H3;4-8,10-13H,1-3H3;3-4,6-11H,1-2H3;5*3,6H,1-2H3;;;;;/q5*-1;;;;;;;;;;. The minimum atomic E-state index is -1.28. The van der Waals surface area contributed by atoms with Gasteiger partial charge in [0.1, 0.15) is 0 Å². The van der Waals surface area contributed by atoms with Crippen LogP contribution in [0.4, 0.5) is 0 Å². The van der Waals surface area contributed by atoms with Crippen LogP contribution in [-0.2, 0) is 130 Å². The van der Waals surface area contributed by atoms with Gasteiger partial charge < -0.3 is 35.5 Å². The second kappa shape index (κ2) is 61.6. The van der Waals surface area contributed by atoms with Crippen molar-refractivity contribution in [2.24, 2.45) is 0 Å². The topological polar surface area (TPSA) is 251 Å². The number of fused-ring (bicyclic) bond motifs is 6. The fourth-order valence-corrected chi connectivity index (χ4v) is 15.7. The van der Waals surface area contributed by atoms with Crippen molar-refractivity contribution in [3.8, 4) is 67.4 Å². The summed E-state index contributed by atoms with van der Waals surface area (Å²) in [4.78, 5) is 73.8. The Morgan fingerprint density at radius 2 is 0.792 bits per heavy atom. The Kier molecular flexibility index (Phi) is 53.7. The number of carbonyl (C=O) groups is 5. The zero-order chi connectivity index (χ0) is 102. The summed E-state index contributed by atoms with van der Waals surface area (Å²) in [5, 5.41) is 54.1. The van der Waals surface area contributed by atoms with Gasteiger partial charge in [0, 0.05) is 148 Å². The zero-order valence-corrected chi connectivity index (χ0v) is 98.3. The van der Waals surface area contributed by atoms with Crippen LogP contribution in [0.15, 0.2) is 350 Å². The Morgan fingerprint density at radius 1 is 0.326 bits per heavy atom. The van der Waals surface area contributed by atoms with Crippen LogP contribution in [-0.4, -0.2) is 87.4 Å². The molecule has 0 aliphatic heterocycles. The van der Waals surface area contributed by atoms with Crippen LogP contribution >= 0.6 is 0 Å². The monoisotopic (exact) mass is 2820 g/mol. The number of para-hydroxylation sites is 1. The molecule has 0 amide bonds. The van der Waals surface area contributed by atoms with Crippen LogP contribution in [0.3, 0.4) is 0 Å². The molecular formula is C123H124Ir5N5O10Si-5. The Labute approximate surface area is 917 Å². The van der Waals surface area contributed by atoms with Crippen LogP contribution in [0.25, 0.3) is 132 Å². The molecule has 0 aliphatic carbocycles. The van der Waals surface area contributed by atoms with Gasteiger partial charge in [0.25, 0.3) is 0 Å². The first-order valence-corrected chi connectivity index (χ1v) is 49.1. The molecule has 0 saturated heterocycles. The van der Waals surface area contributed by atoms with Gasteiger partial charge in [-0.1, -0.05) is 248 Å². The molecule has 21 heteroatoms. The van der Waals surface area contributed by atoms with E-state index in [0.717, 1.165) is 84.1 Å². The fourth-order valence-electron chi connectivity index (χ4n) is 14.5. The van der Waals surface area contributed by atoms with E-state index in [2.05, 4.69) is 359 Å². The molecule has 0 fully saturated rings. The molecule has 0 aliphatic rings. The smallest absolute Gasteiger partial charge is 0.155 e. The number of allylic oxidation sites excluding steroid dienone is 10. The van der Waals surface area contributed by atoms with Crippen LogP contribution in [0.5, 0.6) is 0 Å². The van der Waals surface area contributed by atoms with E-state index >= 15 is 0 Å². The summed E-state index contributed by atoms with van der Waals surface area (Å²) in [7, 11) is -1.28. The molecule has 0 bridgehead atoms. The summed E-state index contributed by atoms with van der Waals surface area (Å²) in [5.74, 6) is -0.312. The van der Waals surface area contributed by atoms with E-state index in [1.807, 2.05) is 49.5 Å². The maximum absolute atomic E-state index is 10.0. The summed E-state index contributed by atoms with van der Waals surface area (Å²) in [6, 6.07) is 116. The summed E-state index contributed by atoms with van der Waals surface area (Å²) < 4.78 is 0. The maximum atomic E-state index is 10.0. The Hall–Kier alpha value is -12.5. The Bertz CT molecular complexity index is 7140. The van der Waals surface area contributed by atoms with Gasteiger partial charge >= 0.3 is 0 Å². The Balaban J connectivity index is 0.000000424. The van der Waals surface area contributed by atoms with Gasteiger partial charge in [0.05, 0.1) is 53.4 Å². The van der Waals surface area contributed by atoms with Crippen molar-refractivity contribution in [3.05, 3.63) is 420 Å². The number of ketones is 5. The third-order valence-corrected chi connectivity index (χ3v) is 22.7. The van der Waals surface area contributed by atoms with Crippen molar-refractivity contribution >= 4 is 107 Å². The number of hydrogen-bond acceptors (Lipinski definition) is 15. The van der Waals surface area contributed by atoms with Crippen LogP contribution in [0, 0.1) is 71.9 Å². The van der Waals surface area contributed by atoms with Crippen molar-refractivity contribution in [3.63, 3.8) is 0 Å². The molecule has 144 heavy (non-hydrogen) atoms. The summed E-state index contributed by atoms with van der Waals surface area (Å²) in [6.45, 7) is 40.6. The van der Waals surface area contributed by atoms with Gasteiger partial charge in [0.2, 0.25) is 0 Å². The van der Waals surface area contributed by atoms with E-state index in [1.165, 1.54) is 192 Å². The number of benzene rings is 12.